The summed E-state index contributed by atoms with van der Waals surface area (Å²) in [6.45, 7) is -10.8. The van der Waals surface area contributed by atoms with Crippen LogP contribution in [0.5, 0.6) is 0 Å². The number of rotatable bonds is 5. The number of nitrogens with one attached hydrogen (secondary N) is 2. The summed E-state index contributed by atoms with van der Waals surface area (Å²) in [5.41, 5.74) is -0.805. The first-order valence-corrected chi connectivity index (χ1v) is 6.15. The van der Waals surface area contributed by atoms with Gasteiger partial charge in [0.05, 0.1) is 10.2 Å². The van der Waals surface area contributed by atoms with Gasteiger partial charge in [-0.1, -0.05) is 6.04 Å². The van der Waals surface area contributed by atoms with E-state index in [1.165, 1.54) is 0 Å². The first-order valence-electron chi connectivity index (χ1n) is 12.7. The van der Waals surface area contributed by atoms with Gasteiger partial charge in [-0.3, -0.25) is 0 Å². The molecule has 112 valence electrons. The Hall–Kier alpha value is -2.01. The van der Waals surface area contributed by atoms with Crippen LogP contribution in [0.4, 0.5) is 4.79 Å². The molecule has 1 aliphatic rings. The molecule has 3 rings (SSSR count). The lowest BCUT2D eigenvalue weighted by molar-refractivity contribution is 0.177. The van der Waals surface area contributed by atoms with E-state index >= 15 is 0 Å². The molecule has 1 aliphatic heterocycles. The second-order valence-electron chi connectivity index (χ2n) is 4.52. The number of hydrogen-bond acceptors (Lipinski definition) is 3. The number of aromatic nitrogens is 1. The van der Waals surface area contributed by atoms with Gasteiger partial charge >= 0.3 is 6.09 Å². The van der Waals surface area contributed by atoms with E-state index in [-0.39, 0.29) is 35.5 Å². The van der Waals surface area contributed by atoms with E-state index in [0.29, 0.717) is 0 Å². The van der Waals surface area contributed by atoms with E-state index < -0.39 is 61.5 Å². The highest BCUT2D eigenvalue weighted by Gasteiger charge is 2.22. The molecule has 0 spiro atoms. The van der Waals surface area contributed by atoms with Crippen LogP contribution < -0.4 is 5.32 Å². The summed E-state index contributed by atoms with van der Waals surface area (Å²) in [5, 5.41) is 2.17. The Morgan fingerprint density at radius 1 is 1.57 bits per heavy atom. The number of hydrogen-bond donors (Lipinski definition) is 2. The van der Waals surface area contributed by atoms with Crippen LogP contribution in [0.1, 0.15) is 28.9 Å². The van der Waals surface area contributed by atoms with Crippen molar-refractivity contribution in [1.82, 2.24) is 15.2 Å². The molecule has 1 atom stereocenters. The molecule has 0 aliphatic carbocycles. The molecule has 0 bridgehead atoms. The van der Waals surface area contributed by atoms with E-state index in [4.69, 9.17) is 22.6 Å². The number of amides is 1. The quantitative estimate of drug-likeness (QED) is 0.887. The molecular weight excluding hydrogens is 266 g/mol. The van der Waals surface area contributed by atoms with Gasteiger partial charge in [-0.05, 0) is 50.0 Å². The molecule has 5 heteroatoms. The Balaban J connectivity index is 2.22. The summed E-state index contributed by atoms with van der Waals surface area (Å²) in [4.78, 5) is 13.3. The third kappa shape index (κ3) is 3.19. The van der Waals surface area contributed by atoms with Crippen LogP contribution in [0.15, 0.2) is 24.3 Å². The van der Waals surface area contributed by atoms with Crippen LogP contribution in [0.25, 0.3) is 10.9 Å². The number of fused-ring (bicyclic) bond motifs is 1. The van der Waals surface area contributed by atoms with Crippen molar-refractivity contribution in [2.75, 3.05) is 27.1 Å². The van der Waals surface area contributed by atoms with E-state index in [1.54, 1.807) is 0 Å². The van der Waals surface area contributed by atoms with Crippen LogP contribution in [-0.4, -0.2) is 49.1 Å². The minimum atomic E-state index is -3.62. The van der Waals surface area contributed by atoms with Crippen molar-refractivity contribution in [3.63, 3.8) is 0 Å². The maximum Gasteiger partial charge on any atom is 0.407 e. The van der Waals surface area contributed by atoms with Gasteiger partial charge in [0.2, 0.25) is 0 Å². The molecular formula is C16H21N3O2. The molecule has 0 radical (unpaired) electrons. The van der Waals surface area contributed by atoms with Crippen molar-refractivity contribution in [2.24, 2.45) is 0 Å². The van der Waals surface area contributed by atoms with Crippen molar-refractivity contribution in [3.8, 4) is 0 Å². The number of ether oxygens (including phenoxy) is 1. The number of aryl methyl sites for hydroxylation is 1. The van der Waals surface area contributed by atoms with Gasteiger partial charge in [0, 0.05) is 37.3 Å². The van der Waals surface area contributed by atoms with E-state index in [1.807, 2.05) is 0 Å². The van der Waals surface area contributed by atoms with Crippen LogP contribution >= 0.6 is 0 Å². The van der Waals surface area contributed by atoms with Crippen LogP contribution in [0.3, 0.4) is 0 Å². The molecule has 2 N–H and O–H groups in total. The predicted molar refractivity (Wildman–Crippen MR) is 82.5 cm³/mol. The second-order valence-corrected chi connectivity index (χ2v) is 4.52. The van der Waals surface area contributed by atoms with Gasteiger partial charge in [-0.15, -0.1) is 0 Å². The largest absolute Gasteiger partial charge is 0.447 e. The first kappa shape index (κ1) is 5.32. The van der Waals surface area contributed by atoms with Gasteiger partial charge in [0.1, 0.15) is 6.61 Å². The smallest absolute Gasteiger partial charge is 0.407 e. The summed E-state index contributed by atoms with van der Waals surface area (Å²) in [7, 11) is 0. The monoisotopic (exact) mass is 300 g/mol. The molecule has 1 amide bonds. The average Bonchev–Trinajstić information content (AvgIpc) is 3.27. The zero-order valence-corrected chi connectivity index (χ0v) is 10.8. The Bertz CT molecular complexity index is 1110. The fraction of sp³-hybridized carbons (Fsp3) is 0.438. The van der Waals surface area contributed by atoms with Gasteiger partial charge in [-0.25, -0.2) is 4.79 Å². The highest BCUT2D eigenvalue weighted by atomic mass is 16.6. The maximum absolute atomic E-state index is 11.3. The molecule has 2 heterocycles. The molecule has 21 heavy (non-hydrogen) atoms. The number of cyclic esters (lactones) is 1. The summed E-state index contributed by atoms with van der Waals surface area (Å²) in [6, 6.07) is -1.87. The Kier molecular flexibility index (Phi) is 1.46. The standard InChI is InChI=1S/C16H21N3O2/c1-19(2)6-5-12-9-17-15-4-3-11(8-14(12)15)7-13-10-21-16(20)18-13/h3-4,8-9,13,17H,5-7,10H2,1-2H3,(H,18,20)/t13-/m0/s1/i1D3,2D3,3D,4D,5D2,6D2,8D. The lowest BCUT2D eigenvalue weighted by Crippen LogP contribution is -2.28. The summed E-state index contributed by atoms with van der Waals surface area (Å²) in [6.07, 6.45) is -3.18. The number of aromatic amines is 1. The molecule has 1 aromatic carbocycles. The Labute approximate surface area is 142 Å². The van der Waals surface area contributed by atoms with Gasteiger partial charge in [0.15, 0.2) is 0 Å². The number of nitrogens with zero attached hydrogens (tertiary/aromatic N) is 1. The molecule has 1 saturated heterocycles. The molecule has 0 unspecified atom stereocenters. The zero-order chi connectivity index (χ0) is 26.0. The molecule has 1 fully saturated rings. The lowest BCUT2D eigenvalue weighted by atomic mass is 10.0. The highest BCUT2D eigenvalue weighted by Crippen LogP contribution is 2.21. The average molecular weight is 300 g/mol. The molecule has 5 nitrogen and oxygen atoms in total. The van der Waals surface area contributed by atoms with Gasteiger partial charge in [-0.2, -0.15) is 0 Å². The zero-order valence-electron chi connectivity index (χ0n) is 23.8. The summed E-state index contributed by atoms with van der Waals surface area (Å²) >= 11 is 0. The topological polar surface area (TPSA) is 57.4 Å². The normalized spacial score (nSPS) is 29.9. The number of carbonyl (C=O) groups excluding carboxylic acids is 1. The van der Waals surface area contributed by atoms with Crippen LogP contribution in [-0.2, 0) is 17.5 Å². The maximum atomic E-state index is 11.3. The number of carbonyl (C=O) groups is 1. The third-order valence-corrected chi connectivity index (χ3v) is 2.98. The summed E-state index contributed by atoms with van der Waals surface area (Å²) < 4.78 is 108. The van der Waals surface area contributed by atoms with Crippen molar-refractivity contribution < 1.29 is 27.4 Å². The SMILES string of the molecule is [2H]c1c(C[C@H]2COC(=O)N2)c([2H])c2c(C([2H])([2H])C([2H])([2H])N(C([2H])([2H])[2H])C([2H])([2H])[2H])c[nH]c2c1[2H]. The molecule has 1 aromatic heterocycles. The van der Waals surface area contributed by atoms with Crippen molar-refractivity contribution in [2.45, 2.75) is 18.8 Å². The molecule has 2 aromatic rings. The Morgan fingerprint density at radius 3 is 3.24 bits per heavy atom. The third-order valence-electron chi connectivity index (χ3n) is 2.98. The number of alkyl carbamates (subject to hydrolysis) is 1. The predicted octanol–water partition coefficient (Wildman–Crippen LogP) is 1.92. The molecule has 0 saturated carbocycles. The van der Waals surface area contributed by atoms with Crippen LogP contribution in [0, 0.1) is 0 Å². The fourth-order valence-corrected chi connectivity index (χ4v) is 2.07. The van der Waals surface area contributed by atoms with Crippen LogP contribution in [0.2, 0.25) is 0 Å². The van der Waals surface area contributed by atoms with Gasteiger partial charge in [0.25, 0.3) is 0 Å². The van der Waals surface area contributed by atoms with E-state index in [0.717, 1.165) is 6.20 Å². The summed E-state index contributed by atoms with van der Waals surface area (Å²) in [5.74, 6) is 0. The van der Waals surface area contributed by atoms with Gasteiger partial charge < -0.3 is 19.9 Å². The van der Waals surface area contributed by atoms with Crippen molar-refractivity contribution in [3.05, 3.63) is 35.5 Å². The lowest BCUT2D eigenvalue weighted by Gasteiger charge is -2.09. The second kappa shape index (κ2) is 5.77. The number of H-pyrrole nitrogens is 1. The van der Waals surface area contributed by atoms with E-state index in [9.17, 15) is 4.79 Å². The number of benzene rings is 1. The van der Waals surface area contributed by atoms with Crippen molar-refractivity contribution in [1.29, 1.82) is 0 Å². The fourth-order valence-electron chi connectivity index (χ4n) is 2.07. The minimum Gasteiger partial charge on any atom is -0.447 e. The minimum absolute atomic E-state index is 0.0472. The number of likely N-dealkylation sites (N-methyl/N-ethyl adjacent to an activating group) is 1. The highest BCUT2D eigenvalue weighted by molar-refractivity contribution is 5.84. The van der Waals surface area contributed by atoms with E-state index in [2.05, 4.69) is 10.3 Å². The first-order chi connectivity index (χ1) is 15.3. The Morgan fingerprint density at radius 2 is 2.48 bits per heavy atom. The van der Waals surface area contributed by atoms with Crippen molar-refractivity contribution >= 4 is 17.0 Å².